The molecular formula is C13H12Cl3NS. The van der Waals surface area contributed by atoms with Crippen molar-refractivity contribution >= 4 is 51.8 Å². The maximum atomic E-state index is 6.04. The number of nitrogens with zero attached hydrogens (tertiary/aromatic N) is 1. The fourth-order valence-electron chi connectivity index (χ4n) is 1.76. The minimum absolute atomic E-state index is 0.474. The number of rotatable bonds is 4. The Morgan fingerprint density at radius 2 is 1.94 bits per heavy atom. The summed E-state index contributed by atoms with van der Waals surface area (Å²) in [4.78, 5) is 3.34. The molecule has 2 aromatic rings. The van der Waals surface area contributed by atoms with E-state index in [0.29, 0.717) is 5.88 Å². The fourth-order valence-corrected chi connectivity index (χ4v) is 3.29. The van der Waals surface area contributed by atoms with E-state index in [2.05, 4.69) is 4.90 Å². The predicted molar refractivity (Wildman–Crippen MR) is 82.4 cm³/mol. The predicted octanol–water partition coefficient (Wildman–Crippen LogP) is 5.43. The lowest BCUT2D eigenvalue weighted by Crippen LogP contribution is -2.17. The molecule has 0 radical (unpaired) electrons. The van der Waals surface area contributed by atoms with Crippen LogP contribution in [0.3, 0.4) is 0 Å². The first-order chi connectivity index (χ1) is 8.60. The van der Waals surface area contributed by atoms with Gasteiger partial charge in [-0.15, -0.1) is 22.9 Å². The normalized spacial score (nSPS) is 10.7. The Kier molecular flexibility index (Phi) is 4.79. The van der Waals surface area contributed by atoms with Crippen LogP contribution in [0.1, 0.15) is 10.4 Å². The molecule has 5 heteroatoms. The van der Waals surface area contributed by atoms with Gasteiger partial charge in [0.05, 0.1) is 10.9 Å². The summed E-state index contributed by atoms with van der Waals surface area (Å²) in [6, 6.07) is 9.71. The van der Waals surface area contributed by atoms with E-state index in [4.69, 9.17) is 34.8 Å². The summed E-state index contributed by atoms with van der Waals surface area (Å²) in [5, 5.41) is 0.718. The molecule has 1 heterocycles. The van der Waals surface area contributed by atoms with E-state index in [1.54, 1.807) is 11.3 Å². The van der Waals surface area contributed by atoms with Gasteiger partial charge in [0.25, 0.3) is 0 Å². The van der Waals surface area contributed by atoms with Gasteiger partial charge in [0, 0.05) is 28.5 Å². The molecule has 0 atom stereocenters. The highest BCUT2D eigenvalue weighted by Gasteiger charge is 2.09. The molecule has 0 amide bonds. The van der Waals surface area contributed by atoms with Crippen molar-refractivity contribution in [2.24, 2.45) is 0 Å². The number of halogens is 3. The van der Waals surface area contributed by atoms with Crippen molar-refractivity contribution < 1.29 is 0 Å². The summed E-state index contributed by atoms with van der Waals surface area (Å²) in [6.07, 6.45) is 0. The first-order valence-electron chi connectivity index (χ1n) is 5.40. The van der Waals surface area contributed by atoms with Crippen molar-refractivity contribution in [2.45, 2.75) is 12.4 Å². The van der Waals surface area contributed by atoms with Crippen molar-refractivity contribution in [3.8, 4) is 0 Å². The quantitative estimate of drug-likeness (QED) is 0.679. The Hall–Kier alpha value is -0.410. The maximum absolute atomic E-state index is 6.04. The lowest BCUT2D eigenvalue weighted by Gasteiger charge is -2.21. The van der Waals surface area contributed by atoms with E-state index in [-0.39, 0.29) is 0 Å². The van der Waals surface area contributed by atoms with E-state index in [9.17, 15) is 0 Å². The largest absolute Gasteiger partial charge is 0.369 e. The third-order valence-electron chi connectivity index (χ3n) is 2.62. The van der Waals surface area contributed by atoms with E-state index in [1.165, 1.54) is 4.88 Å². The van der Waals surface area contributed by atoms with E-state index in [1.807, 2.05) is 37.4 Å². The standard InChI is InChI=1S/C13H12Cl3NS/c1-17(8-11-4-5-13(16)18-11)12-6-10(15)3-2-9(12)7-14/h2-6H,7-8H2,1H3. The molecule has 96 valence electrons. The molecule has 0 bridgehead atoms. The van der Waals surface area contributed by atoms with Gasteiger partial charge in [-0.05, 0) is 29.8 Å². The third-order valence-corrected chi connectivity index (χ3v) is 4.36. The molecule has 18 heavy (non-hydrogen) atoms. The molecule has 0 aliphatic rings. The summed E-state index contributed by atoms with van der Waals surface area (Å²) in [7, 11) is 2.02. The van der Waals surface area contributed by atoms with Crippen LogP contribution in [0.25, 0.3) is 0 Å². The summed E-state index contributed by atoms with van der Waals surface area (Å²) in [5.41, 5.74) is 2.13. The van der Waals surface area contributed by atoms with Crippen molar-refractivity contribution in [3.63, 3.8) is 0 Å². The highest BCUT2D eigenvalue weighted by Crippen LogP contribution is 2.29. The van der Waals surface area contributed by atoms with E-state index < -0.39 is 0 Å². The average molecular weight is 321 g/mol. The molecule has 0 unspecified atom stereocenters. The summed E-state index contributed by atoms with van der Waals surface area (Å²) < 4.78 is 0.807. The lowest BCUT2D eigenvalue weighted by molar-refractivity contribution is 0.932. The van der Waals surface area contributed by atoms with Gasteiger partial charge in [-0.3, -0.25) is 0 Å². The second-order valence-corrected chi connectivity index (χ2v) is 6.47. The van der Waals surface area contributed by atoms with Crippen LogP contribution in [0.2, 0.25) is 9.36 Å². The molecule has 0 aliphatic carbocycles. The molecule has 1 aromatic carbocycles. The van der Waals surface area contributed by atoms with E-state index in [0.717, 1.165) is 27.2 Å². The minimum Gasteiger partial charge on any atom is -0.369 e. The highest BCUT2D eigenvalue weighted by molar-refractivity contribution is 7.16. The maximum Gasteiger partial charge on any atom is 0.0931 e. The molecule has 1 aromatic heterocycles. The number of benzene rings is 1. The SMILES string of the molecule is CN(Cc1ccc(Cl)s1)c1cc(Cl)ccc1CCl. The van der Waals surface area contributed by atoms with Gasteiger partial charge < -0.3 is 4.90 Å². The topological polar surface area (TPSA) is 3.24 Å². The molecule has 0 saturated carbocycles. The monoisotopic (exact) mass is 319 g/mol. The van der Waals surface area contributed by atoms with E-state index >= 15 is 0 Å². The van der Waals surface area contributed by atoms with Crippen LogP contribution >= 0.6 is 46.1 Å². The van der Waals surface area contributed by atoms with Gasteiger partial charge >= 0.3 is 0 Å². The zero-order valence-electron chi connectivity index (χ0n) is 9.79. The fraction of sp³-hybridized carbons (Fsp3) is 0.231. The van der Waals surface area contributed by atoms with Gasteiger partial charge in [-0.25, -0.2) is 0 Å². The first-order valence-corrected chi connectivity index (χ1v) is 7.50. The van der Waals surface area contributed by atoms with Crippen LogP contribution < -0.4 is 4.90 Å². The van der Waals surface area contributed by atoms with Gasteiger partial charge in [-0.2, -0.15) is 0 Å². The Morgan fingerprint density at radius 3 is 2.56 bits per heavy atom. The molecule has 0 saturated heterocycles. The number of hydrogen-bond acceptors (Lipinski definition) is 2. The Labute approximate surface area is 126 Å². The highest BCUT2D eigenvalue weighted by atomic mass is 35.5. The van der Waals surface area contributed by atoms with Gasteiger partial charge in [-0.1, -0.05) is 29.3 Å². The van der Waals surface area contributed by atoms with Crippen LogP contribution in [0, 0.1) is 0 Å². The molecule has 1 nitrogen and oxygen atoms in total. The van der Waals surface area contributed by atoms with Crippen LogP contribution in [-0.2, 0) is 12.4 Å². The molecular weight excluding hydrogens is 309 g/mol. The molecule has 0 aliphatic heterocycles. The van der Waals surface area contributed by atoms with Crippen LogP contribution in [-0.4, -0.2) is 7.05 Å². The first kappa shape index (κ1) is 14.0. The second kappa shape index (κ2) is 6.16. The zero-order valence-corrected chi connectivity index (χ0v) is 12.9. The van der Waals surface area contributed by atoms with Crippen molar-refractivity contribution in [1.82, 2.24) is 0 Å². The minimum atomic E-state index is 0.474. The van der Waals surface area contributed by atoms with Crippen molar-refractivity contribution in [3.05, 3.63) is 50.1 Å². The summed E-state index contributed by atoms with van der Waals surface area (Å²) >= 11 is 19.5. The van der Waals surface area contributed by atoms with Crippen molar-refractivity contribution in [1.29, 1.82) is 0 Å². The smallest absolute Gasteiger partial charge is 0.0931 e. The number of anilines is 1. The Balaban J connectivity index is 2.22. The average Bonchev–Trinajstić information content (AvgIpc) is 2.74. The number of alkyl halides is 1. The molecule has 0 fully saturated rings. The second-order valence-electron chi connectivity index (χ2n) is 3.97. The summed E-state index contributed by atoms with van der Waals surface area (Å²) in [6.45, 7) is 0.793. The zero-order chi connectivity index (χ0) is 13.1. The number of thiophene rings is 1. The number of hydrogen-bond donors (Lipinski definition) is 0. The summed E-state index contributed by atoms with van der Waals surface area (Å²) in [5.74, 6) is 0.474. The molecule has 2 rings (SSSR count). The van der Waals surface area contributed by atoms with Crippen LogP contribution in [0.4, 0.5) is 5.69 Å². The molecule has 0 N–H and O–H groups in total. The van der Waals surface area contributed by atoms with Crippen LogP contribution in [0.15, 0.2) is 30.3 Å². The Bertz CT molecular complexity index is 539. The molecule has 0 spiro atoms. The van der Waals surface area contributed by atoms with Crippen molar-refractivity contribution in [2.75, 3.05) is 11.9 Å². The van der Waals surface area contributed by atoms with Gasteiger partial charge in [0.15, 0.2) is 0 Å². The third kappa shape index (κ3) is 3.33. The van der Waals surface area contributed by atoms with Gasteiger partial charge in [0.2, 0.25) is 0 Å². The van der Waals surface area contributed by atoms with Crippen LogP contribution in [0.5, 0.6) is 0 Å². The lowest BCUT2D eigenvalue weighted by atomic mass is 10.2. The Morgan fingerprint density at radius 1 is 1.17 bits per heavy atom. The van der Waals surface area contributed by atoms with Gasteiger partial charge in [0.1, 0.15) is 0 Å².